The number of rotatable bonds is 11. The zero-order valence-corrected chi connectivity index (χ0v) is 19.0. The first-order valence-corrected chi connectivity index (χ1v) is 8.93. The number of aliphatic imine (C=N–C) groups is 1. The minimum atomic E-state index is 0. The molecule has 2 N–H and O–H groups in total. The van der Waals surface area contributed by atoms with Crippen molar-refractivity contribution in [2.45, 2.75) is 39.0 Å². The molecule has 0 unspecified atom stereocenters. The van der Waals surface area contributed by atoms with E-state index in [0.29, 0.717) is 0 Å². The molecule has 0 amide bonds. The maximum absolute atomic E-state index is 5.48. The van der Waals surface area contributed by atoms with Gasteiger partial charge in [-0.25, -0.2) is 0 Å². The quantitative estimate of drug-likeness (QED) is 0.220. The molecular weight excluding hydrogens is 445 g/mol. The van der Waals surface area contributed by atoms with Gasteiger partial charge in [0, 0.05) is 37.8 Å². The molecule has 0 radical (unpaired) electrons. The van der Waals surface area contributed by atoms with Crippen molar-refractivity contribution in [3.63, 3.8) is 0 Å². The van der Waals surface area contributed by atoms with Crippen LogP contribution in [0.1, 0.15) is 38.2 Å². The van der Waals surface area contributed by atoms with Crippen molar-refractivity contribution in [3.8, 4) is 17.2 Å². The van der Waals surface area contributed by atoms with Gasteiger partial charge in [-0.05, 0) is 12.8 Å². The van der Waals surface area contributed by atoms with Crippen LogP contribution in [0.5, 0.6) is 17.2 Å². The van der Waals surface area contributed by atoms with Crippen LogP contribution >= 0.6 is 24.0 Å². The Balaban J connectivity index is 0.00000625. The predicted molar refractivity (Wildman–Crippen MR) is 119 cm³/mol. The largest absolute Gasteiger partial charge is 0.496 e. The van der Waals surface area contributed by atoms with Crippen LogP contribution in [0.3, 0.4) is 0 Å². The van der Waals surface area contributed by atoms with E-state index < -0.39 is 0 Å². The molecule has 26 heavy (non-hydrogen) atoms. The minimum Gasteiger partial charge on any atom is -0.496 e. The number of guanidine groups is 1. The smallest absolute Gasteiger partial charge is 0.190 e. The molecule has 7 heteroatoms. The molecule has 0 fully saturated rings. The second-order valence-electron chi connectivity index (χ2n) is 5.75. The highest BCUT2D eigenvalue weighted by molar-refractivity contribution is 14.0. The number of methoxy groups -OCH3 is 3. The number of unbranched alkanes of at least 4 members (excludes halogenated alkanes) is 3. The molecule has 0 aliphatic carbocycles. The van der Waals surface area contributed by atoms with Gasteiger partial charge in [0.25, 0.3) is 0 Å². The zero-order valence-electron chi connectivity index (χ0n) is 16.7. The highest BCUT2D eigenvalue weighted by atomic mass is 127. The van der Waals surface area contributed by atoms with Crippen LogP contribution in [0, 0.1) is 0 Å². The number of hydrogen-bond acceptors (Lipinski definition) is 4. The van der Waals surface area contributed by atoms with E-state index in [9.17, 15) is 0 Å². The van der Waals surface area contributed by atoms with Crippen LogP contribution in [-0.2, 0) is 6.42 Å². The summed E-state index contributed by atoms with van der Waals surface area (Å²) < 4.78 is 16.2. The van der Waals surface area contributed by atoms with Gasteiger partial charge in [0.2, 0.25) is 0 Å². The first-order valence-electron chi connectivity index (χ1n) is 8.93. The monoisotopic (exact) mass is 479 g/mol. The molecule has 6 nitrogen and oxygen atoms in total. The summed E-state index contributed by atoms with van der Waals surface area (Å²) in [6, 6.07) is 3.75. The third kappa shape index (κ3) is 8.33. The van der Waals surface area contributed by atoms with Gasteiger partial charge in [-0.15, -0.1) is 24.0 Å². The van der Waals surface area contributed by atoms with Gasteiger partial charge in [0.1, 0.15) is 17.2 Å². The molecule has 0 aromatic heterocycles. The summed E-state index contributed by atoms with van der Waals surface area (Å²) in [7, 11) is 6.73. The molecular formula is C19H34IN3O3. The number of nitrogens with zero attached hydrogens (tertiary/aromatic N) is 1. The summed E-state index contributed by atoms with van der Waals surface area (Å²) in [6.07, 6.45) is 5.70. The van der Waals surface area contributed by atoms with Gasteiger partial charge < -0.3 is 24.8 Å². The van der Waals surface area contributed by atoms with E-state index in [0.717, 1.165) is 54.7 Å². The van der Waals surface area contributed by atoms with E-state index in [2.05, 4.69) is 22.5 Å². The second-order valence-corrected chi connectivity index (χ2v) is 5.75. The summed E-state index contributed by atoms with van der Waals surface area (Å²) in [5, 5.41) is 6.68. The van der Waals surface area contributed by atoms with Gasteiger partial charge in [0.05, 0.1) is 21.3 Å². The van der Waals surface area contributed by atoms with Gasteiger partial charge in [-0.3, -0.25) is 4.99 Å². The second kappa shape index (κ2) is 14.8. The molecule has 0 saturated carbocycles. The van der Waals surface area contributed by atoms with Crippen molar-refractivity contribution in [1.29, 1.82) is 0 Å². The molecule has 150 valence electrons. The number of nitrogens with one attached hydrogen (secondary N) is 2. The molecule has 0 atom stereocenters. The standard InChI is InChI=1S/C19H33N3O3.HI/c1-6-7-8-9-11-21-19(20-2)22-12-10-16-17(24-4)13-15(23-3)14-18(16)25-5;/h13-14H,6-12H2,1-5H3,(H2,20,21,22);1H. The van der Waals surface area contributed by atoms with Crippen molar-refractivity contribution in [3.05, 3.63) is 17.7 Å². The van der Waals surface area contributed by atoms with E-state index in [1.807, 2.05) is 12.1 Å². The summed E-state index contributed by atoms with van der Waals surface area (Å²) in [5.41, 5.74) is 1.01. The third-order valence-electron chi connectivity index (χ3n) is 4.03. The van der Waals surface area contributed by atoms with Crippen molar-refractivity contribution in [1.82, 2.24) is 10.6 Å². The van der Waals surface area contributed by atoms with E-state index in [1.165, 1.54) is 19.3 Å². The van der Waals surface area contributed by atoms with Crippen LogP contribution in [0.15, 0.2) is 17.1 Å². The first kappa shape index (κ1) is 24.6. The summed E-state index contributed by atoms with van der Waals surface area (Å²) in [6.45, 7) is 3.89. The van der Waals surface area contributed by atoms with Crippen molar-refractivity contribution in [2.75, 3.05) is 41.5 Å². The Morgan fingerprint density at radius 2 is 1.54 bits per heavy atom. The predicted octanol–water partition coefficient (Wildman–Crippen LogP) is 3.62. The summed E-state index contributed by atoms with van der Waals surface area (Å²) >= 11 is 0. The van der Waals surface area contributed by atoms with Gasteiger partial charge in [-0.2, -0.15) is 0 Å². The zero-order chi connectivity index (χ0) is 18.5. The molecule has 1 rings (SSSR count). The van der Waals surface area contributed by atoms with Crippen LogP contribution < -0.4 is 24.8 Å². The Morgan fingerprint density at radius 3 is 2.04 bits per heavy atom. The minimum absolute atomic E-state index is 0. The lowest BCUT2D eigenvalue weighted by molar-refractivity contribution is 0.368. The Morgan fingerprint density at radius 1 is 0.923 bits per heavy atom. The fourth-order valence-corrected chi connectivity index (χ4v) is 2.61. The average Bonchev–Trinajstić information content (AvgIpc) is 2.65. The van der Waals surface area contributed by atoms with Crippen molar-refractivity contribution in [2.24, 2.45) is 4.99 Å². The van der Waals surface area contributed by atoms with Crippen LogP contribution in [0.25, 0.3) is 0 Å². The third-order valence-corrected chi connectivity index (χ3v) is 4.03. The molecule has 0 aliphatic heterocycles. The van der Waals surface area contributed by atoms with Crippen molar-refractivity contribution < 1.29 is 14.2 Å². The van der Waals surface area contributed by atoms with Crippen LogP contribution in [0.2, 0.25) is 0 Å². The Hall–Kier alpha value is -1.38. The highest BCUT2D eigenvalue weighted by Crippen LogP contribution is 2.34. The summed E-state index contributed by atoms with van der Waals surface area (Å²) in [5.74, 6) is 3.07. The number of hydrogen-bond donors (Lipinski definition) is 2. The lowest BCUT2D eigenvalue weighted by Gasteiger charge is -2.16. The molecule has 0 aliphatic rings. The maximum atomic E-state index is 5.48. The Kier molecular flexibility index (Phi) is 14.0. The van der Waals surface area contributed by atoms with E-state index in [-0.39, 0.29) is 24.0 Å². The number of halogens is 1. The fraction of sp³-hybridized carbons (Fsp3) is 0.632. The molecule has 0 saturated heterocycles. The fourth-order valence-electron chi connectivity index (χ4n) is 2.61. The van der Waals surface area contributed by atoms with Crippen molar-refractivity contribution >= 4 is 29.9 Å². The maximum Gasteiger partial charge on any atom is 0.190 e. The normalized spacial score (nSPS) is 10.7. The van der Waals surface area contributed by atoms with Crippen LogP contribution in [0.4, 0.5) is 0 Å². The number of benzene rings is 1. The molecule has 1 aromatic rings. The van der Waals surface area contributed by atoms with Crippen LogP contribution in [-0.4, -0.2) is 47.4 Å². The highest BCUT2D eigenvalue weighted by Gasteiger charge is 2.13. The Labute approximate surface area is 175 Å². The topological polar surface area (TPSA) is 64.1 Å². The SMILES string of the molecule is CCCCCCNC(=NC)NCCc1c(OC)cc(OC)cc1OC.I. The lowest BCUT2D eigenvalue weighted by Crippen LogP contribution is -2.38. The average molecular weight is 479 g/mol. The van der Waals surface area contributed by atoms with E-state index in [4.69, 9.17) is 14.2 Å². The molecule has 0 heterocycles. The Bertz CT molecular complexity index is 514. The van der Waals surface area contributed by atoms with Gasteiger partial charge >= 0.3 is 0 Å². The number of ether oxygens (including phenoxy) is 3. The molecule has 0 bridgehead atoms. The van der Waals surface area contributed by atoms with E-state index >= 15 is 0 Å². The molecule has 0 spiro atoms. The first-order chi connectivity index (χ1) is 12.2. The van der Waals surface area contributed by atoms with Gasteiger partial charge in [0.15, 0.2) is 5.96 Å². The molecule has 1 aromatic carbocycles. The lowest BCUT2D eigenvalue weighted by atomic mass is 10.1. The van der Waals surface area contributed by atoms with E-state index in [1.54, 1.807) is 28.4 Å². The summed E-state index contributed by atoms with van der Waals surface area (Å²) in [4.78, 5) is 4.26. The van der Waals surface area contributed by atoms with Gasteiger partial charge in [-0.1, -0.05) is 26.2 Å².